The molecule has 0 bridgehead atoms. The summed E-state index contributed by atoms with van der Waals surface area (Å²) in [6.07, 6.45) is 6.07. The van der Waals surface area contributed by atoms with Crippen LogP contribution in [-0.2, 0) is 14.2 Å². The van der Waals surface area contributed by atoms with E-state index in [0.717, 1.165) is 51.7 Å². The summed E-state index contributed by atoms with van der Waals surface area (Å²) in [6, 6.07) is 0.789. The van der Waals surface area contributed by atoms with Crippen molar-refractivity contribution >= 4 is 0 Å². The summed E-state index contributed by atoms with van der Waals surface area (Å²) >= 11 is 0. The highest BCUT2D eigenvalue weighted by Gasteiger charge is 2.27. The highest BCUT2D eigenvalue weighted by atomic mass is 16.5. The van der Waals surface area contributed by atoms with Crippen LogP contribution in [0, 0.1) is 0 Å². The van der Waals surface area contributed by atoms with Crippen molar-refractivity contribution in [1.29, 1.82) is 0 Å². The van der Waals surface area contributed by atoms with Crippen molar-refractivity contribution in [3.63, 3.8) is 0 Å². The fourth-order valence-electron chi connectivity index (χ4n) is 2.18. The van der Waals surface area contributed by atoms with Gasteiger partial charge >= 0.3 is 0 Å². The van der Waals surface area contributed by atoms with E-state index in [0.29, 0.717) is 26.4 Å². The predicted octanol–water partition coefficient (Wildman–Crippen LogP) is 1.65. The highest BCUT2D eigenvalue weighted by Crippen LogP contribution is 2.26. The third-order valence-electron chi connectivity index (χ3n) is 3.62. The van der Waals surface area contributed by atoms with Gasteiger partial charge in [-0.15, -0.1) is 0 Å². The first-order valence-electron chi connectivity index (χ1n) is 8.55. The minimum Gasteiger partial charge on any atom is -0.379 e. The van der Waals surface area contributed by atoms with E-state index in [1.165, 1.54) is 19.3 Å². The lowest BCUT2D eigenvalue weighted by Crippen LogP contribution is -2.32. The highest BCUT2D eigenvalue weighted by molar-refractivity contribution is 4.84. The molecule has 1 aliphatic carbocycles. The predicted molar refractivity (Wildman–Crippen MR) is 85.6 cm³/mol. The van der Waals surface area contributed by atoms with Gasteiger partial charge in [0.1, 0.15) is 0 Å². The lowest BCUT2D eigenvalue weighted by atomic mass is 10.3. The van der Waals surface area contributed by atoms with E-state index in [1.54, 1.807) is 0 Å². The maximum atomic E-state index is 5.63. The van der Waals surface area contributed by atoms with E-state index in [4.69, 9.17) is 19.9 Å². The molecule has 0 atom stereocenters. The van der Waals surface area contributed by atoms with Crippen molar-refractivity contribution in [2.45, 2.75) is 45.1 Å². The van der Waals surface area contributed by atoms with Crippen LogP contribution >= 0.6 is 0 Å². The fraction of sp³-hybridized carbons (Fsp3) is 1.00. The van der Waals surface area contributed by atoms with Crippen molar-refractivity contribution in [2.75, 3.05) is 59.3 Å². The number of nitrogens with zero attached hydrogens (tertiary/aromatic N) is 1. The van der Waals surface area contributed by atoms with E-state index in [2.05, 4.69) is 11.8 Å². The molecule has 1 rings (SSSR count). The molecule has 0 radical (unpaired) electrons. The fourth-order valence-corrected chi connectivity index (χ4v) is 2.18. The monoisotopic (exact) mass is 302 g/mol. The first-order chi connectivity index (χ1) is 10.4. The third kappa shape index (κ3) is 11.1. The second-order valence-corrected chi connectivity index (χ2v) is 5.60. The van der Waals surface area contributed by atoms with E-state index in [-0.39, 0.29) is 0 Å². The Morgan fingerprint density at radius 1 is 0.857 bits per heavy atom. The van der Waals surface area contributed by atoms with Gasteiger partial charge in [-0.1, -0.05) is 13.3 Å². The van der Waals surface area contributed by atoms with Crippen LogP contribution in [-0.4, -0.2) is 70.2 Å². The molecule has 2 N–H and O–H groups in total. The lowest BCUT2D eigenvalue weighted by Gasteiger charge is -2.21. The van der Waals surface area contributed by atoms with Crippen LogP contribution in [0.3, 0.4) is 0 Å². The molecule has 0 spiro atoms. The van der Waals surface area contributed by atoms with Gasteiger partial charge in [0.15, 0.2) is 0 Å². The quantitative estimate of drug-likeness (QED) is 0.439. The SMILES string of the molecule is CCCCOCCOCCOCCN(CCCN)C1CC1. The van der Waals surface area contributed by atoms with Crippen molar-refractivity contribution in [1.82, 2.24) is 4.90 Å². The standard InChI is InChI=1S/C16H34N2O3/c1-2-3-10-19-12-14-21-15-13-20-11-9-18(8-4-7-17)16-5-6-16/h16H,2-15,17H2,1H3. The zero-order valence-corrected chi connectivity index (χ0v) is 13.7. The first-order valence-corrected chi connectivity index (χ1v) is 8.55. The number of unbranched alkanes of at least 4 members (excludes halogenated alkanes) is 1. The molecular weight excluding hydrogens is 268 g/mol. The van der Waals surface area contributed by atoms with E-state index in [1.807, 2.05) is 0 Å². The van der Waals surface area contributed by atoms with E-state index in [9.17, 15) is 0 Å². The van der Waals surface area contributed by atoms with Gasteiger partial charge in [0.25, 0.3) is 0 Å². The van der Waals surface area contributed by atoms with Gasteiger partial charge in [-0.25, -0.2) is 0 Å². The summed E-state index contributed by atoms with van der Waals surface area (Å²) in [4.78, 5) is 2.51. The first kappa shape index (κ1) is 18.8. The zero-order chi connectivity index (χ0) is 15.2. The average Bonchev–Trinajstić information content (AvgIpc) is 3.32. The van der Waals surface area contributed by atoms with Gasteiger partial charge in [0, 0.05) is 19.2 Å². The Kier molecular flexibility index (Phi) is 12.1. The van der Waals surface area contributed by atoms with Crippen molar-refractivity contribution in [3.8, 4) is 0 Å². The Morgan fingerprint density at radius 3 is 2.05 bits per heavy atom. The van der Waals surface area contributed by atoms with Crippen molar-refractivity contribution in [2.24, 2.45) is 5.73 Å². The van der Waals surface area contributed by atoms with Gasteiger partial charge < -0.3 is 19.9 Å². The molecule has 21 heavy (non-hydrogen) atoms. The van der Waals surface area contributed by atoms with Gasteiger partial charge in [-0.05, 0) is 38.8 Å². The number of hydrogen-bond donors (Lipinski definition) is 1. The molecule has 1 fully saturated rings. The molecule has 0 unspecified atom stereocenters. The molecule has 0 aromatic rings. The molecule has 0 aromatic heterocycles. The molecule has 5 heteroatoms. The summed E-state index contributed by atoms with van der Waals surface area (Å²) in [5.74, 6) is 0. The maximum Gasteiger partial charge on any atom is 0.0701 e. The number of ether oxygens (including phenoxy) is 3. The van der Waals surface area contributed by atoms with Crippen LogP contribution in [0.1, 0.15) is 39.0 Å². The Bertz CT molecular complexity index is 226. The number of nitrogens with two attached hydrogens (primary N) is 1. The van der Waals surface area contributed by atoms with Gasteiger partial charge in [0.05, 0.1) is 33.0 Å². The lowest BCUT2D eigenvalue weighted by molar-refractivity contribution is 0.00975. The van der Waals surface area contributed by atoms with Crippen LogP contribution in [0.25, 0.3) is 0 Å². The summed E-state index contributed by atoms with van der Waals surface area (Å²) in [5.41, 5.74) is 5.57. The normalized spacial score (nSPS) is 15.0. The van der Waals surface area contributed by atoms with Crippen molar-refractivity contribution in [3.05, 3.63) is 0 Å². The van der Waals surface area contributed by atoms with E-state index >= 15 is 0 Å². The molecule has 0 aliphatic heterocycles. The molecule has 1 saturated carbocycles. The zero-order valence-electron chi connectivity index (χ0n) is 13.7. The van der Waals surface area contributed by atoms with Crippen LogP contribution in [0.4, 0.5) is 0 Å². The van der Waals surface area contributed by atoms with Gasteiger partial charge in [-0.2, -0.15) is 0 Å². The summed E-state index contributed by atoms with van der Waals surface area (Å²) in [6.45, 7) is 9.38. The Labute approximate surface area is 130 Å². The average molecular weight is 302 g/mol. The van der Waals surface area contributed by atoms with Crippen LogP contribution in [0.5, 0.6) is 0 Å². The van der Waals surface area contributed by atoms with E-state index < -0.39 is 0 Å². The van der Waals surface area contributed by atoms with Gasteiger partial charge in [0.2, 0.25) is 0 Å². The smallest absolute Gasteiger partial charge is 0.0701 e. The summed E-state index contributed by atoms with van der Waals surface area (Å²) in [7, 11) is 0. The van der Waals surface area contributed by atoms with Crippen LogP contribution in [0.2, 0.25) is 0 Å². The van der Waals surface area contributed by atoms with Crippen LogP contribution < -0.4 is 5.73 Å². The molecule has 0 amide bonds. The van der Waals surface area contributed by atoms with Crippen molar-refractivity contribution < 1.29 is 14.2 Å². The Balaban J connectivity index is 1.81. The minimum atomic E-state index is 0.656. The topological polar surface area (TPSA) is 57.0 Å². The molecule has 126 valence electrons. The second-order valence-electron chi connectivity index (χ2n) is 5.60. The molecule has 0 saturated heterocycles. The van der Waals surface area contributed by atoms with Crippen LogP contribution in [0.15, 0.2) is 0 Å². The molecule has 0 aromatic carbocycles. The Hall–Kier alpha value is -0.200. The third-order valence-corrected chi connectivity index (χ3v) is 3.62. The second kappa shape index (κ2) is 13.5. The van der Waals surface area contributed by atoms with Gasteiger partial charge in [-0.3, -0.25) is 4.90 Å². The molecule has 5 nitrogen and oxygen atoms in total. The number of rotatable bonds is 16. The summed E-state index contributed by atoms with van der Waals surface area (Å²) < 4.78 is 16.5. The Morgan fingerprint density at radius 2 is 1.48 bits per heavy atom. The molecule has 1 aliphatic rings. The minimum absolute atomic E-state index is 0.656. The maximum absolute atomic E-state index is 5.63. The number of hydrogen-bond acceptors (Lipinski definition) is 5. The molecular formula is C16H34N2O3. The molecule has 0 heterocycles. The largest absolute Gasteiger partial charge is 0.379 e. The summed E-state index contributed by atoms with van der Waals surface area (Å²) in [5, 5.41) is 0.